The summed E-state index contributed by atoms with van der Waals surface area (Å²) < 4.78 is 37.0. The molecule has 0 aliphatic heterocycles. The quantitative estimate of drug-likeness (QED) is 0.314. The van der Waals surface area contributed by atoms with E-state index in [2.05, 4.69) is 26.8 Å². The van der Waals surface area contributed by atoms with Crippen LogP contribution < -0.4 is 0 Å². The third-order valence-corrected chi connectivity index (χ3v) is 10.7. The number of aliphatic hydroxyl groups is 1. The average Bonchev–Trinajstić information content (AvgIpc) is 3.14. The average molecular weight is 500 g/mol. The number of rotatable bonds is 7. The molecule has 0 spiro atoms. The van der Waals surface area contributed by atoms with Crippen LogP contribution >= 0.6 is 0 Å². The molecule has 0 heterocycles. The van der Waals surface area contributed by atoms with E-state index in [1.807, 2.05) is 0 Å². The standard InChI is InChI=1S/C28H44F3NO3/c1-18(5-10-25(34)32(4)35-16-15-28(29,30)31)22-8-9-23-21-7-6-19-17-20(33)11-13-26(19,2)24(21)12-14-27(22,23)3/h6,18,20-24,33H,5,7-17H2,1-4H3/t18-,20+,21+,22-,23+,24+,26+,27-/m1/s1. The van der Waals surface area contributed by atoms with E-state index in [1.54, 1.807) is 0 Å². The number of hydroxylamine groups is 2. The van der Waals surface area contributed by atoms with Gasteiger partial charge in [-0.25, -0.2) is 5.06 Å². The van der Waals surface area contributed by atoms with E-state index in [1.165, 1.54) is 38.3 Å². The second kappa shape index (κ2) is 10.00. The van der Waals surface area contributed by atoms with Gasteiger partial charge in [0.2, 0.25) is 5.91 Å². The molecule has 0 aromatic rings. The lowest BCUT2D eigenvalue weighted by molar-refractivity contribution is -0.198. The number of allylic oxidation sites excluding steroid dienone is 1. The maximum absolute atomic E-state index is 12.5. The first-order chi connectivity index (χ1) is 16.3. The highest BCUT2D eigenvalue weighted by atomic mass is 19.4. The highest BCUT2D eigenvalue weighted by Crippen LogP contribution is 2.67. The Hall–Kier alpha value is -1.08. The van der Waals surface area contributed by atoms with Crippen LogP contribution in [0.25, 0.3) is 0 Å². The van der Waals surface area contributed by atoms with Crippen molar-refractivity contribution in [2.75, 3.05) is 13.7 Å². The highest BCUT2D eigenvalue weighted by molar-refractivity contribution is 5.74. The van der Waals surface area contributed by atoms with Crippen molar-refractivity contribution >= 4 is 5.91 Å². The molecule has 4 aliphatic carbocycles. The van der Waals surface area contributed by atoms with Crippen LogP contribution in [-0.2, 0) is 9.63 Å². The third kappa shape index (κ3) is 5.32. The smallest absolute Gasteiger partial charge is 0.391 e. The number of alkyl halides is 3. The first-order valence-corrected chi connectivity index (χ1v) is 13.7. The van der Waals surface area contributed by atoms with Gasteiger partial charge < -0.3 is 5.11 Å². The number of halogens is 3. The molecule has 0 radical (unpaired) electrons. The van der Waals surface area contributed by atoms with Crippen LogP contribution in [0.5, 0.6) is 0 Å². The minimum Gasteiger partial charge on any atom is -0.393 e. The Balaban J connectivity index is 1.34. The van der Waals surface area contributed by atoms with Crippen LogP contribution in [0.4, 0.5) is 13.2 Å². The summed E-state index contributed by atoms with van der Waals surface area (Å²) in [6.07, 6.45) is 6.95. The van der Waals surface area contributed by atoms with Gasteiger partial charge >= 0.3 is 6.18 Å². The van der Waals surface area contributed by atoms with E-state index in [4.69, 9.17) is 4.84 Å². The number of hydrogen-bond donors (Lipinski definition) is 1. The van der Waals surface area contributed by atoms with Crippen LogP contribution in [0.2, 0.25) is 0 Å². The van der Waals surface area contributed by atoms with Crippen LogP contribution in [0.1, 0.15) is 91.4 Å². The number of hydrogen-bond acceptors (Lipinski definition) is 3. The van der Waals surface area contributed by atoms with Crippen LogP contribution in [-0.4, -0.2) is 42.0 Å². The van der Waals surface area contributed by atoms with Gasteiger partial charge in [0.1, 0.15) is 0 Å². The number of aliphatic hydroxyl groups excluding tert-OH is 1. The summed E-state index contributed by atoms with van der Waals surface area (Å²) in [5, 5.41) is 11.2. The van der Waals surface area contributed by atoms with Crippen molar-refractivity contribution in [1.29, 1.82) is 0 Å². The minimum atomic E-state index is -4.28. The highest BCUT2D eigenvalue weighted by Gasteiger charge is 2.59. The van der Waals surface area contributed by atoms with Gasteiger partial charge in [-0.2, -0.15) is 13.2 Å². The van der Waals surface area contributed by atoms with Gasteiger partial charge in [0.05, 0.1) is 19.1 Å². The second-order valence-corrected chi connectivity index (χ2v) is 12.5. The molecule has 0 unspecified atom stereocenters. The Morgan fingerprint density at radius 1 is 1.20 bits per heavy atom. The summed E-state index contributed by atoms with van der Waals surface area (Å²) in [5.41, 5.74) is 2.04. The Morgan fingerprint density at radius 3 is 2.66 bits per heavy atom. The summed E-state index contributed by atoms with van der Waals surface area (Å²) in [7, 11) is 1.41. The molecule has 8 atom stereocenters. The van der Waals surface area contributed by atoms with E-state index in [-0.39, 0.29) is 22.8 Å². The first-order valence-electron chi connectivity index (χ1n) is 13.7. The normalized spacial score (nSPS) is 39.8. The molecule has 3 saturated carbocycles. The fourth-order valence-corrected chi connectivity index (χ4v) is 8.70. The Kier molecular flexibility index (Phi) is 7.70. The van der Waals surface area contributed by atoms with Gasteiger partial charge in [0.15, 0.2) is 0 Å². The number of carbonyl (C=O) groups excluding carboxylic acids is 1. The van der Waals surface area contributed by atoms with Crippen LogP contribution in [0.15, 0.2) is 11.6 Å². The van der Waals surface area contributed by atoms with Gasteiger partial charge in [-0.3, -0.25) is 9.63 Å². The molecule has 3 fully saturated rings. The van der Waals surface area contributed by atoms with Crippen molar-refractivity contribution in [3.63, 3.8) is 0 Å². The van der Waals surface area contributed by atoms with Gasteiger partial charge in [-0.05, 0) is 98.2 Å². The molecular weight excluding hydrogens is 455 g/mol. The topological polar surface area (TPSA) is 49.8 Å². The molecule has 0 aromatic heterocycles. The lowest BCUT2D eigenvalue weighted by atomic mass is 9.47. The molecule has 0 saturated heterocycles. The van der Waals surface area contributed by atoms with Crippen LogP contribution in [0.3, 0.4) is 0 Å². The molecule has 7 heteroatoms. The maximum Gasteiger partial charge on any atom is 0.391 e. The molecular formula is C28H44F3NO3. The van der Waals surface area contributed by atoms with E-state index in [9.17, 15) is 23.1 Å². The van der Waals surface area contributed by atoms with E-state index < -0.39 is 19.2 Å². The SMILES string of the molecule is C[C@H](CCC(=O)N(C)OCCC(F)(F)F)[C@H]1CC[C@H]2[C@@H]3CC=C4C[C@@H](O)CC[C@]4(C)[C@H]3CC[C@]12C. The van der Waals surface area contributed by atoms with Gasteiger partial charge in [0, 0.05) is 13.5 Å². The molecule has 1 N–H and O–H groups in total. The predicted molar refractivity (Wildman–Crippen MR) is 129 cm³/mol. The Morgan fingerprint density at radius 2 is 1.94 bits per heavy atom. The Bertz CT molecular complexity index is 814. The fraction of sp³-hybridized carbons (Fsp3) is 0.893. The fourth-order valence-electron chi connectivity index (χ4n) is 8.70. The lowest BCUT2D eigenvalue weighted by Crippen LogP contribution is -2.50. The van der Waals surface area contributed by atoms with Crippen LogP contribution in [0, 0.1) is 40.4 Å². The first kappa shape index (κ1) is 27.0. The zero-order chi connectivity index (χ0) is 25.6. The molecule has 35 heavy (non-hydrogen) atoms. The largest absolute Gasteiger partial charge is 0.393 e. The molecule has 4 rings (SSSR count). The summed E-state index contributed by atoms with van der Waals surface area (Å²) in [4.78, 5) is 17.5. The molecule has 0 aromatic carbocycles. The van der Waals surface area contributed by atoms with Gasteiger partial charge in [-0.1, -0.05) is 32.4 Å². The van der Waals surface area contributed by atoms with Crippen molar-refractivity contribution in [1.82, 2.24) is 5.06 Å². The Labute approximate surface area is 208 Å². The molecule has 0 bridgehead atoms. The predicted octanol–water partition coefficient (Wildman–Crippen LogP) is 6.69. The summed E-state index contributed by atoms with van der Waals surface area (Å²) in [5.74, 6) is 2.85. The van der Waals surface area contributed by atoms with Gasteiger partial charge in [-0.15, -0.1) is 0 Å². The second-order valence-electron chi connectivity index (χ2n) is 12.5. The summed E-state index contributed by atoms with van der Waals surface area (Å²) in [6.45, 7) is 6.67. The lowest BCUT2D eigenvalue weighted by Gasteiger charge is -2.58. The van der Waals surface area contributed by atoms with E-state index in [0.29, 0.717) is 36.0 Å². The number of carbonyl (C=O) groups is 1. The third-order valence-electron chi connectivity index (χ3n) is 10.7. The maximum atomic E-state index is 12.5. The number of nitrogens with zero attached hydrogens (tertiary/aromatic N) is 1. The van der Waals surface area contributed by atoms with Crippen molar-refractivity contribution < 1.29 is 27.9 Å². The zero-order valence-electron chi connectivity index (χ0n) is 21.9. The summed E-state index contributed by atoms with van der Waals surface area (Å²) in [6, 6.07) is 0. The molecule has 200 valence electrons. The minimum absolute atomic E-state index is 0.173. The zero-order valence-corrected chi connectivity index (χ0v) is 21.9. The summed E-state index contributed by atoms with van der Waals surface area (Å²) >= 11 is 0. The molecule has 1 amide bonds. The monoisotopic (exact) mass is 499 g/mol. The van der Waals surface area contributed by atoms with Crippen molar-refractivity contribution in [2.45, 2.75) is 104 Å². The molecule has 4 nitrogen and oxygen atoms in total. The van der Waals surface area contributed by atoms with Crippen molar-refractivity contribution in [3.05, 3.63) is 11.6 Å². The van der Waals surface area contributed by atoms with Crippen molar-refractivity contribution in [3.8, 4) is 0 Å². The molecule has 4 aliphatic rings. The number of fused-ring (bicyclic) bond motifs is 5. The number of amides is 1. The van der Waals surface area contributed by atoms with Gasteiger partial charge in [0.25, 0.3) is 0 Å². The van der Waals surface area contributed by atoms with E-state index >= 15 is 0 Å². The van der Waals surface area contributed by atoms with E-state index in [0.717, 1.165) is 37.2 Å². The van der Waals surface area contributed by atoms with Crippen molar-refractivity contribution in [2.24, 2.45) is 40.4 Å².